The molecule has 0 aromatic heterocycles. The van der Waals surface area contributed by atoms with Gasteiger partial charge in [-0.1, -0.05) is 26.7 Å². The maximum Gasteiger partial charge on any atom is 0.416 e. The van der Waals surface area contributed by atoms with Crippen molar-refractivity contribution in [1.82, 2.24) is 0 Å². The van der Waals surface area contributed by atoms with Crippen molar-refractivity contribution < 1.29 is 18.1 Å². The fraction of sp³-hybridized carbons (Fsp3) is 0.571. The molecule has 0 radical (unpaired) electrons. The van der Waals surface area contributed by atoms with Gasteiger partial charge in [0.05, 0.1) is 10.5 Å². The van der Waals surface area contributed by atoms with E-state index in [1.54, 1.807) is 0 Å². The second-order valence-corrected chi connectivity index (χ2v) is 5.00. The van der Waals surface area contributed by atoms with Gasteiger partial charge in [-0.2, -0.15) is 13.2 Å². The lowest BCUT2D eigenvalue weighted by atomic mass is 9.95. The summed E-state index contributed by atoms with van der Waals surface area (Å²) >= 11 is 0. The summed E-state index contributed by atoms with van der Waals surface area (Å²) in [6, 6.07) is 2.49. The van der Waals surface area contributed by atoms with Gasteiger partial charge in [-0.05, 0) is 25.0 Å². The van der Waals surface area contributed by atoms with E-state index in [1.807, 2.05) is 20.8 Å². The molecule has 21 heavy (non-hydrogen) atoms. The summed E-state index contributed by atoms with van der Waals surface area (Å²) in [5.41, 5.74) is -1.45. The molecule has 0 aliphatic heterocycles. The van der Waals surface area contributed by atoms with Gasteiger partial charge in [-0.3, -0.25) is 10.1 Å². The third kappa shape index (κ3) is 4.34. The zero-order chi connectivity index (χ0) is 16.2. The van der Waals surface area contributed by atoms with Crippen molar-refractivity contribution in [3.63, 3.8) is 0 Å². The number of hydrogen-bond donors (Lipinski definition) is 1. The van der Waals surface area contributed by atoms with Gasteiger partial charge in [0.1, 0.15) is 5.69 Å². The summed E-state index contributed by atoms with van der Waals surface area (Å²) in [4.78, 5) is 10.2. The van der Waals surface area contributed by atoms with Crippen LogP contribution in [0.15, 0.2) is 18.2 Å². The molecule has 1 aromatic rings. The van der Waals surface area contributed by atoms with E-state index < -0.39 is 22.4 Å². The predicted molar refractivity (Wildman–Crippen MR) is 75.3 cm³/mol. The second-order valence-electron chi connectivity index (χ2n) is 5.00. The maximum absolute atomic E-state index is 12.6. The smallest absolute Gasteiger partial charge is 0.377 e. The van der Waals surface area contributed by atoms with Crippen molar-refractivity contribution in [3.8, 4) is 0 Å². The number of halogens is 3. The molecule has 1 aromatic carbocycles. The van der Waals surface area contributed by atoms with Crippen LogP contribution in [0.2, 0.25) is 0 Å². The molecule has 0 saturated heterocycles. The summed E-state index contributed by atoms with van der Waals surface area (Å²) < 4.78 is 37.9. The summed E-state index contributed by atoms with van der Waals surface area (Å²) in [6.45, 7) is 5.89. The summed E-state index contributed by atoms with van der Waals surface area (Å²) in [5.74, 6) is 0.298. The standard InChI is InChI=1S/C14H19F3N2O2/c1-4-10(5-2)9(3)18-12-7-6-11(14(15,16)17)8-13(12)19(20)21/h6-10,18H,4-5H2,1-3H3. The number of nitro groups is 1. The Kier molecular flexibility index (Phi) is 5.57. The van der Waals surface area contributed by atoms with Crippen LogP contribution in [-0.2, 0) is 6.18 Å². The van der Waals surface area contributed by atoms with Crippen molar-refractivity contribution in [1.29, 1.82) is 0 Å². The lowest BCUT2D eigenvalue weighted by Gasteiger charge is -2.23. The number of anilines is 1. The van der Waals surface area contributed by atoms with Gasteiger partial charge < -0.3 is 5.32 Å². The van der Waals surface area contributed by atoms with Crippen LogP contribution in [0.1, 0.15) is 39.2 Å². The Balaban J connectivity index is 3.10. The Hall–Kier alpha value is -1.79. The van der Waals surface area contributed by atoms with Crippen LogP contribution in [-0.4, -0.2) is 11.0 Å². The Morgan fingerprint density at radius 3 is 2.29 bits per heavy atom. The molecular formula is C14H19F3N2O2. The molecule has 118 valence electrons. The number of benzene rings is 1. The van der Waals surface area contributed by atoms with Crippen LogP contribution >= 0.6 is 0 Å². The van der Waals surface area contributed by atoms with E-state index >= 15 is 0 Å². The number of hydrogen-bond acceptors (Lipinski definition) is 3. The van der Waals surface area contributed by atoms with Gasteiger partial charge in [-0.25, -0.2) is 0 Å². The highest BCUT2D eigenvalue weighted by molar-refractivity contribution is 5.63. The summed E-state index contributed by atoms with van der Waals surface area (Å²) in [5, 5.41) is 14.0. The van der Waals surface area contributed by atoms with Crippen molar-refractivity contribution >= 4 is 11.4 Å². The summed E-state index contributed by atoms with van der Waals surface area (Å²) in [6.07, 6.45) is -2.82. The Bertz CT molecular complexity index is 499. The zero-order valence-electron chi connectivity index (χ0n) is 12.2. The maximum atomic E-state index is 12.6. The minimum absolute atomic E-state index is 0.0598. The van der Waals surface area contributed by atoms with E-state index in [2.05, 4.69) is 5.32 Å². The number of nitro benzene ring substituents is 1. The van der Waals surface area contributed by atoms with Gasteiger partial charge in [0, 0.05) is 12.1 Å². The third-order valence-corrected chi connectivity index (χ3v) is 3.66. The van der Waals surface area contributed by atoms with Crippen LogP contribution in [0, 0.1) is 16.0 Å². The Labute approximate surface area is 121 Å². The largest absolute Gasteiger partial charge is 0.416 e. The van der Waals surface area contributed by atoms with Crippen LogP contribution in [0.25, 0.3) is 0 Å². The first-order chi connectivity index (χ1) is 9.70. The molecule has 0 amide bonds. The molecule has 0 heterocycles. The minimum Gasteiger partial charge on any atom is -0.377 e. The minimum atomic E-state index is -4.59. The van der Waals surface area contributed by atoms with Gasteiger partial charge in [-0.15, -0.1) is 0 Å². The second kappa shape index (κ2) is 6.78. The van der Waals surface area contributed by atoms with Gasteiger partial charge >= 0.3 is 6.18 Å². The lowest BCUT2D eigenvalue weighted by Crippen LogP contribution is -2.25. The first-order valence-electron chi connectivity index (χ1n) is 6.82. The quantitative estimate of drug-likeness (QED) is 0.603. The number of nitrogens with one attached hydrogen (secondary N) is 1. The van der Waals surface area contributed by atoms with Crippen LogP contribution in [0.5, 0.6) is 0 Å². The lowest BCUT2D eigenvalue weighted by molar-refractivity contribution is -0.384. The molecule has 1 rings (SSSR count). The molecule has 0 aliphatic rings. The Morgan fingerprint density at radius 2 is 1.86 bits per heavy atom. The topological polar surface area (TPSA) is 55.2 Å². The van der Waals surface area contributed by atoms with Gasteiger partial charge in [0.25, 0.3) is 5.69 Å². The van der Waals surface area contributed by atoms with Crippen molar-refractivity contribution in [2.75, 3.05) is 5.32 Å². The molecule has 1 unspecified atom stereocenters. The molecule has 1 atom stereocenters. The van der Waals surface area contributed by atoms with Crippen molar-refractivity contribution in [2.45, 2.75) is 45.8 Å². The predicted octanol–water partition coefficient (Wildman–Crippen LogP) is 4.85. The van der Waals surface area contributed by atoms with E-state index in [4.69, 9.17) is 0 Å². The third-order valence-electron chi connectivity index (χ3n) is 3.66. The first kappa shape index (κ1) is 17.3. The van der Waals surface area contributed by atoms with E-state index in [0.717, 1.165) is 25.0 Å². The van der Waals surface area contributed by atoms with Crippen LogP contribution in [0.4, 0.5) is 24.5 Å². The number of alkyl halides is 3. The molecule has 0 bridgehead atoms. The molecule has 0 saturated carbocycles. The van der Waals surface area contributed by atoms with Gasteiger partial charge in [0.15, 0.2) is 0 Å². The molecule has 0 aliphatic carbocycles. The molecular weight excluding hydrogens is 285 g/mol. The van der Waals surface area contributed by atoms with Gasteiger partial charge in [0.2, 0.25) is 0 Å². The van der Waals surface area contributed by atoms with E-state index in [-0.39, 0.29) is 11.7 Å². The highest BCUT2D eigenvalue weighted by atomic mass is 19.4. The van der Waals surface area contributed by atoms with Crippen molar-refractivity contribution in [3.05, 3.63) is 33.9 Å². The monoisotopic (exact) mass is 304 g/mol. The first-order valence-corrected chi connectivity index (χ1v) is 6.82. The molecule has 1 N–H and O–H groups in total. The number of nitrogens with zero attached hydrogens (tertiary/aromatic N) is 1. The Morgan fingerprint density at radius 1 is 1.29 bits per heavy atom. The molecule has 4 nitrogen and oxygen atoms in total. The van der Waals surface area contributed by atoms with E-state index in [9.17, 15) is 23.3 Å². The average Bonchev–Trinajstić information content (AvgIpc) is 2.38. The highest BCUT2D eigenvalue weighted by Gasteiger charge is 2.33. The fourth-order valence-corrected chi connectivity index (χ4v) is 2.34. The van der Waals surface area contributed by atoms with E-state index in [0.29, 0.717) is 12.0 Å². The molecule has 0 fully saturated rings. The highest BCUT2D eigenvalue weighted by Crippen LogP contribution is 2.35. The number of rotatable bonds is 6. The van der Waals surface area contributed by atoms with Crippen molar-refractivity contribution in [2.24, 2.45) is 5.92 Å². The van der Waals surface area contributed by atoms with Crippen LogP contribution < -0.4 is 5.32 Å². The van der Waals surface area contributed by atoms with Crippen LogP contribution in [0.3, 0.4) is 0 Å². The fourth-order valence-electron chi connectivity index (χ4n) is 2.34. The normalized spacial score (nSPS) is 13.3. The average molecular weight is 304 g/mol. The molecule has 7 heteroatoms. The molecule has 0 spiro atoms. The zero-order valence-corrected chi connectivity index (χ0v) is 12.2. The SMILES string of the molecule is CCC(CC)C(C)Nc1ccc(C(F)(F)F)cc1[N+](=O)[O-]. The van der Waals surface area contributed by atoms with E-state index in [1.165, 1.54) is 0 Å². The summed E-state index contributed by atoms with van der Waals surface area (Å²) in [7, 11) is 0.